The van der Waals surface area contributed by atoms with Gasteiger partial charge in [-0.05, 0) is 18.6 Å². The van der Waals surface area contributed by atoms with Crippen LogP contribution in [-0.4, -0.2) is 9.55 Å². The molecule has 0 aliphatic heterocycles. The predicted molar refractivity (Wildman–Crippen MR) is 56.5 cm³/mol. The molecule has 0 atom stereocenters. The Kier molecular flexibility index (Phi) is 2.93. The zero-order chi connectivity index (χ0) is 9.80. The lowest BCUT2D eigenvalue weighted by Crippen LogP contribution is -1.98. The lowest BCUT2D eigenvalue weighted by molar-refractivity contribution is 0.485. The zero-order valence-corrected chi connectivity index (χ0v) is 8.65. The Labute approximate surface area is 88.2 Å². The molecule has 2 rings (SSSR count). The summed E-state index contributed by atoms with van der Waals surface area (Å²) in [5.41, 5.74) is 0. The van der Waals surface area contributed by atoms with Gasteiger partial charge in [-0.3, -0.25) is 0 Å². The third-order valence-electron chi connectivity index (χ3n) is 2.10. The maximum Gasteiger partial charge on any atom is 0.164 e. The molecule has 74 valence electrons. The highest BCUT2D eigenvalue weighted by molar-refractivity contribution is 7.80. The molecule has 0 aliphatic rings. The fraction of sp³-hybridized carbons (Fsp3) is 0.300. The molecule has 2 aromatic rings. The number of aryl methyl sites for hydroxylation is 2. The summed E-state index contributed by atoms with van der Waals surface area (Å²) in [7, 11) is 0. The summed E-state index contributed by atoms with van der Waals surface area (Å²) < 4.78 is 7.26. The van der Waals surface area contributed by atoms with Gasteiger partial charge < -0.3 is 8.98 Å². The molecule has 0 spiro atoms. The molecule has 0 radical (unpaired) electrons. The fourth-order valence-corrected chi connectivity index (χ4v) is 1.61. The minimum Gasteiger partial charge on any atom is -0.469 e. The molecule has 0 saturated heterocycles. The second kappa shape index (κ2) is 4.37. The summed E-state index contributed by atoms with van der Waals surface area (Å²) in [6.45, 7) is 0.930. The largest absolute Gasteiger partial charge is 0.469 e. The number of rotatable bonds is 4. The van der Waals surface area contributed by atoms with Gasteiger partial charge in [0.25, 0.3) is 0 Å². The predicted octanol–water partition coefficient (Wildman–Crippen LogP) is 2.40. The highest BCUT2D eigenvalue weighted by Crippen LogP contribution is 2.07. The van der Waals surface area contributed by atoms with Crippen molar-refractivity contribution in [2.24, 2.45) is 0 Å². The Hall–Kier alpha value is -1.16. The molecule has 0 aromatic carbocycles. The summed E-state index contributed by atoms with van der Waals surface area (Å²) in [4.78, 5) is 4.04. The second-order valence-electron chi connectivity index (χ2n) is 3.10. The fourth-order valence-electron chi connectivity index (χ4n) is 1.37. The van der Waals surface area contributed by atoms with Crippen molar-refractivity contribution in [2.75, 3.05) is 0 Å². The SMILES string of the molecule is Sc1nccn1CCCc1ccco1. The van der Waals surface area contributed by atoms with E-state index in [1.165, 1.54) is 0 Å². The van der Waals surface area contributed by atoms with E-state index in [-0.39, 0.29) is 0 Å². The van der Waals surface area contributed by atoms with Crippen LogP contribution in [0.5, 0.6) is 0 Å². The lowest BCUT2D eigenvalue weighted by atomic mass is 10.2. The lowest BCUT2D eigenvalue weighted by Gasteiger charge is -2.02. The Morgan fingerprint density at radius 3 is 3.07 bits per heavy atom. The van der Waals surface area contributed by atoms with Gasteiger partial charge in [-0.2, -0.15) is 0 Å². The van der Waals surface area contributed by atoms with Gasteiger partial charge in [0.2, 0.25) is 0 Å². The normalized spacial score (nSPS) is 10.6. The maximum atomic E-state index is 5.24. The van der Waals surface area contributed by atoms with Gasteiger partial charge in [-0.15, -0.1) is 12.6 Å². The highest BCUT2D eigenvalue weighted by Gasteiger charge is 1.99. The molecule has 0 saturated carbocycles. The molecular formula is C10H12N2OS. The van der Waals surface area contributed by atoms with Crippen molar-refractivity contribution in [2.45, 2.75) is 24.5 Å². The standard InChI is InChI=1S/C10H12N2OS/c14-10-11-5-7-12(10)6-1-3-9-4-2-8-13-9/h2,4-5,7-8H,1,3,6H2,(H,11,14). The van der Waals surface area contributed by atoms with E-state index < -0.39 is 0 Å². The average Bonchev–Trinajstić information content (AvgIpc) is 2.78. The molecule has 0 amide bonds. The van der Waals surface area contributed by atoms with E-state index in [4.69, 9.17) is 4.42 Å². The van der Waals surface area contributed by atoms with E-state index in [0.29, 0.717) is 0 Å². The van der Waals surface area contributed by atoms with Gasteiger partial charge in [0.05, 0.1) is 6.26 Å². The number of furan rings is 1. The first-order chi connectivity index (χ1) is 6.86. The van der Waals surface area contributed by atoms with Crippen molar-refractivity contribution in [3.05, 3.63) is 36.5 Å². The number of nitrogens with zero attached hydrogens (tertiary/aromatic N) is 2. The van der Waals surface area contributed by atoms with E-state index in [1.807, 2.05) is 22.9 Å². The van der Waals surface area contributed by atoms with Crippen LogP contribution in [0.15, 0.2) is 40.4 Å². The van der Waals surface area contributed by atoms with Gasteiger partial charge in [-0.1, -0.05) is 0 Å². The molecular weight excluding hydrogens is 196 g/mol. The van der Waals surface area contributed by atoms with Crippen molar-refractivity contribution >= 4 is 12.6 Å². The van der Waals surface area contributed by atoms with Crippen molar-refractivity contribution in [3.63, 3.8) is 0 Å². The van der Waals surface area contributed by atoms with Gasteiger partial charge in [0.1, 0.15) is 5.76 Å². The molecule has 4 heteroatoms. The van der Waals surface area contributed by atoms with E-state index in [0.717, 1.165) is 30.3 Å². The van der Waals surface area contributed by atoms with Crippen molar-refractivity contribution in [3.8, 4) is 0 Å². The number of imidazole rings is 1. The first-order valence-electron chi connectivity index (χ1n) is 4.59. The molecule has 2 aromatic heterocycles. The van der Waals surface area contributed by atoms with Crippen LogP contribution < -0.4 is 0 Å². The molecule has 2 heterocycles. The van der Waals surface area contributed by atoms with Gasteiger partial charge in [-0.25, -0.2) is 4.98 Å². The summed E-state index contributed by atoms with van der Waals surface area (Å²) in [5, 5.41) is 0.768. The third-order valence-corrected chi connectivity index (χ3v) is 2.47. The van der Waals surface area contributed by atoms with Crippen molar-refractivity contribution in [1.82, 2.24) is 9.55 Å². The maximum absolute atomic E-state index is 5.24. The van der Waals surface area contributed by atoms with Crippen LogP contribution in [-0.2, 0) is 13.0 Å². The second-order valence-corrected chi connectivity index (χ2v) is 3.50. The molecule has 0 bridgehead atoms. The van der Waals surface area contributed by atoms with Crippen LogP contribution >= 0.6 is 12.6 Å². The number of hydrogen-bond donors (Lipinski definition) is 1. The van der Waals surface area contributed by atoms with Crippen molar-refractivity contribution < 1.29 is 4.42 Å². The number of aromatic nitrogens is 2. The topological polar surface area (TPSA) is 31.0 Å². The summed E-state index contributed by atoms with van der Waals surface area (Å²) in [5.74, 6) is 1.03. The quantitative estimate of drug-likeness (QED) is 0.782. The van der Waals surface area contributed by atoms with Crippen LogP contribution in [0.2, 0.25) is 0 Å². The van der Waals surface area contributed by atoms with Crippen molar-refractivity contribution in [1.29, 1.82) is 0 Å². The van der Waals surface area contributed by atoms with Crippen LogP contribution in [0.4, 0.5) is 0 Å². The van der Waals surface area contributed by atoms with Crippen LogP contribution in [0.1, 0.15) is 12.2 Å². The van der Waals surface area contributed by atoms with E-state index in [9.17, 15) is 0 Å². The summed E-state index contributed by atoms with van der Waals surface area (Å²) >= 11 is 4.23. The van der Waals surface area contributed by atoms with E-state index >= 15 is 0 Å². The highest BCUT2D eigenvalue weighted by atomic mass is 32.1. The minimum atomic E-state index is 0.768. The van der Waals surface area contributed by atoms with E-state index in [1.54, 1.807) is 12.5 Å². The molecule has 3 nitrogen and oxygen atoms in total. The monoisotopic (exact) mass is 208 g/mol. The smallest absolute Gasteiger partial charge is 0.164 e. The average molecular weight is 208 g/mol. The van der Waals surface area contributed by atoms with Gasteiger partial charge in [0, 0.05) is 25.4 Å². The number of hydrogen-bond acceptors (Lipinski definition) is 3. The molecule has 0 fully saturated rings. The van der Waals surface area contributed by atoms with Gasteiger partial charge >= 0.3 is 0 Å². The molecule has 0 N–H and O–H groups in total. The number of thiol groups is 1. The van der Waals surface area contributed by atoms with Crippen LogP contribution in [0.3, 0.4) is 0 Å². The Morgan fingerprint density at radius 1 is 1.50 bits per heavy atom. The third kappa shape index (κ3) is 2.20. The summed E-state index contributed by atoms with van der Waals surface area (Å²) in [6.07, 6.45) is 7.39. The first kappa shape index (κ1) is 9.40. The molecule has 0 unspecified atom stereocenters. The van der Waals surface area contributed by atoms with E-state index in [2.05, 4.69) is 17.6 Å². The van der Waals surface area contributed by atoms with Gasteiger partial charge in [0.15, 0.2) is 5.16 Å². The molecule has 0 aliphatic carbocycles. The first-order valence-corrected chi connectivity index (χ1v) is 5.03. The minimum absolute atomic E-state index is 0.768. The Morgan fingerprint density at radius 2 is 2.43 bits per heavy atom. The van der Waals surface area contributed by atoms with Crippen LogP contribution in [0, 0.1) is 0 Å². The van der Waals surface area contributed by atoms with Crippen LogP contribution in [0.25, 0.3) is 0 Å². The summed E-state index contributed by atoms with van der Waals surface area (Å²) in [6, 6.07) is 3.91. The zero-order valence-electron chi connectivity index (χ0n) is 7.76. The molecule has 14 heavy (non-hydrogen) atoms. The Bertz CT molecular complexity index is 380. The Balaban J connectivity index is 1.81.